The predicted octanol–water partition coefficient (Wildman–Crippen LogP) is 0.600. The van der Waals surface area contributed by atoms with Gasteiger partial charge < -0.3 is 14.2 Å². The van der Waals surface area contributed by atoms with Crippen molar-refractivity contribution in [3.63, 3.8) is 0 Å². The molecule has 0 aliphatic carbocycles. The lowest BCUT2D eigenvalue weighted by atomic mass is 9.99. The fourth-order valence-electron chi connectivity index (χ4n) is 1.73. The van der Waals surface area contributed by atoms with Gasteiger partial charge in [0.2, 0.25) is 0 Å². The van der Waals surface area contributed by atoms with E-state index in [1.54, 1.807) is 13.0 Å². The monoisotopic (exact) mass is 256 g/mol. The van der Waals surface area contributed by atoms with Crippen LogP contribution in [0.2, 0.25) is 0 Å². The highest BCUT2D eigenvalue weighted by molar-refractivity contribution is 5.95. The third-order valence-electron chi connectivity index (χ3n) is 2.66. The Morgan fingerprint density at radius 3 is 2.28 bits per heavy atom. The van der Waals surface area contributed by atoms with Crippen molar-refractivity contribution in [2.45, 2.75) is 25.9 Å². The Bertz CT molecular complexity index is 368. The summed E-state index contributed by atoms with van der Waals surface area (Å²) in [5, 5.41) is 0. The maximum atomic E-state index is 11.4. The zero-order chi connectivity index (χ0) is 13.7. The molecule has 1 heterocycles. The third-order valence-corrected chi connectivity index (χ3v) is 2.66. The fraction of sp³-hybridized carbons (Fsp3) is 0.583. The first-order chi connectivity index (χ1) is 8.49. The van der Waals surface area contributed by atoms with Gasteiger partial charge in [-0.25, -0.2) is 4.79 Å². The van der Waals surface area contributed by atoms with Crippen LogP contribution in [0.1, 0.15) is 19.8 Å². The Morgan fingerprint density at radius 1 is 1.33 bits per heavy atom. The second-order valence-corrected chi connectivity index (χ2v) is 3.94. The molecule has 1 rings (SSSR count). The Balaban J connectivity index is 2.63. The van der Waals surface area contributed by atoms with Gasteiger partial charge in [0.1, 0.15) is 6.10 Å². The number of hydrogen-bond donors (Lipinski definition) is 0. The molecule has 1 aliphatic heterocycles. The van der Waals surface area contributed by atoms with Crippen LogP contribution in [0.3, 0.4) is 0 Å². The summed E-state index contributed by atoms with van der Waals surface area (Å²) >= 11 is 0. The first-order valence-corrected chi connectivity index (χ1v) is 5.57. The highest BCUT2D eigenvalue weighted by atomic mass is 16.6. The van der Waals surface area contributed by atoms with E-state index < -0.39 is 23.8 Å². The number of esters is 3. The van der Waals surface area contributed by atoms with Gasteiger partial charge in [0, 0.05) is 5.57 Å². The molecule has 1 unspecified atom stereocenters. The molecule has 6 heteroatoms. The molecule has 0 aromatic rings. The maximum absolute atomic E-state index is 11.4. The van der Waals surface area contributed by atoms with Gasteiger partial charge in [0.05, 0.1) is 14.2 Å². The number of methoxy groups -OCH3 is 2. The van der Waals surface area contributed by atoms with E-state index in [1.165, 1.54) is 14.2 Å². The van der Waals surface area contributed by atoms with Crippen molar-refractivity contribution in [1.29, 1.82) is 0 Å². The lowest BCUT2D eigenvalue weighted by Gasteiger charge is -2.11. The van der Waals surface area contributed by atoms with Crippen molar-refractivity contribution < 1.29 is 28.6 Å². The molecule has 6 nitrogen and oxygen atoms in total. The fourth-order valence-corrected chi connectivity index (χ4v) is 1.73. The molecular formula is C12H16O6. The Kier molecular flexibility index (Phi) is 4.88. The standard InChI is InChI=1S/C12H16O6/c1-7-6-8(10(13)18-7)4-5-9(11(14)16-2)12(15)17-3/h6-7,9H,4-5H2,1-3H3. The molecule has 100 valence electrons. The summed E-state index contributed by atoms with van der Waals surface area (Å²) in [6.45, 7) is 1.74. The largest absolute Gasteiger partial charge is 0.468 e. The lowest BCUT2D eigenvalue weighted by Crippen LogP contribution is -2.26. The van der Waals surface area contributed by atoms with Crippen molar-refractivity contribution >= 4 is 17.9 Å². The van der Waals surface area contributed by atoms with Gasteiger partial charge in [0.25, 0.3) is 0 Å². The minimum atomic E-state index is -1.01. The summed E-state index contributed by atoms with van der Waals surface area (Å²) in [4.78, 5) is 34.2. The molecule has 0 radical (unpaired) electrons. The first-order valence-electron chi connectivity index (χ1n) is 5.57. The molecule has 0 aromatic carbocycles. The summed E-state index contributed by atoms with van der Waals surface area (Å²) < 4.78 is 14.0. The van der Waals surface area contributed by atoms with Crippen LogP contribution in [0.5, 0.6) is 0 Å². The molecular weight excluding hydrogens is 240 g/mol. The molecule has 0 saturated heterocycles. The molecule has 0 fully saturated rings. The maximum Gasteiger partial charge on any atom is 0.334 e. The summed E-state index contributed by atoms with van der Waals surface area (Å²) in [6, 6.07) is 0. The van der Waals surface area contributed by atoms with Crippen LogP contribution in [-0.2, 0) is 28.6 Å². The summed E-state index contributed by atoms with van der Waals surface area (Å²) in [5.41, 5.74) is 0.473. The highest BCUT2D eigenvalue weighted by Gasteiger charge is 2.30. The number of cyclic esters (lactones) is 1. The highest BCUT2D eigenvalue weighted by Crippen LogP contribution is 2.21. The molecule has 18 heavy (non-hydrogen) atoms. The van der Waals surface area contributed by atoms with Crippen molar-refractivity contribution in [3.8, 4) is 0 Å². The minimum absolute atomic E-state index is 0.160. The van der Waals surface area contributed by atoms with E-state index in [0.29, 0.717) is 5.57 Å². The lowest BCUT2D eigenvalue weighted by molar-refractivity contribution is -0.159. The molecule has 0 saturated carbocycles. The van der Waals surface area contributed by atoms with E-state index in [4.69, 9.17) is 4.74 Å². The number of ether oxygens (including phenoxy) is 3. The Morgan fingerprint density at radius 2 is 1.89 bits per heavy atom. The van der Waals surface area contributed by atoms with Crippen LogP contribution in [0, 0.1) is 5.92 Å². The van der Waals surface area contributed by atoms with E-state index in [1.807, 2.05) is 0 Å². The minimum Gasteiger partial charge on any atom is -0.468 e. The van der Waals surface area contributed by atoms with E-state index in [2.05, 4.69) is 9.47 Å². The zero-order valence-electron chi connectivity index (χ0n) is 10.6. The Labute approximate surface area is 105 Å². The quantitative estimate of drug-likeness (QED) is 0.407. The van der Waals surface area contributed by atoms with E-state index in [0.717, 1.165) is 0 Å². The number of carbonyl (C=O) groups is 3. The molecule has 1 aliphatic rings. The van der Waals surface area contributed by atoms with E-state index in [9.17, 15) is 14.4 Å². The van der Waals surface area contributed by atoms with Crippen LogP contribution in [-0.4, -0.2) is 38.2 Å². The SMILES string of the molecule is COC(=O)C(CCC1=CC(C)OC1=O)C(=O)OC. The van der Waals surface area contributed by atoms with Gasteiger partial charge in [-0.3, -0.25) is 9.59 Å². The van der Waals surface area contributed by atoms with E-state index in [-0.39, 0.29) is 18.9 Å². The zero-order valence-corrected chi connectivity index (χ0v) is 10.6. The number of carbonyl (C=O) groups excluding carboxylic acids is 3. The van der Waals surface area contributed by atoms with Gasteiger partial charge in [-0.2, -0.15) is 0 Å². The van der Waals surface area contributed by atoms with Gasteiger partial charge >= 0.3 is 17.9 Å². The van der Waals surface area contributed by atoms with Gasteiger partial charge in [-0.1, -0.05) is 0 Å². The first kappa shape index (κ1) is 14.2. The van der Waals surface area contributed by atoms with Crippen LogP contribution >= 0.6 is 0 Å². The smallest absolute Gasteiger partial charge is 0.334 e. The third kappa shape index (κ3) is 3.32. The summed E-state index contributed by atoms with van der Waals surface area (Å²) in [6.07, 6.45) is 1.85. The molecule has 0 aromatic heterocycles. The topological polar surface area (TPSA) is 78.9 Å². The average Bonchev–Trinajstić information content (AvgIpc) is 2.67. The van der Waals surface area contributed by atoms with Gasteiger partial charge in [0.15, 0.2) is 5.92 Å². The average molecular weight is 256 g/mol. The second-order valence-electron chi connectivity index (χ2n) is 3.94. The summed E-state index contributed by atoms with van der Waals surface area (Å²) in [7, 11) is 2.40. The van der Waals surface area contributed by atoms with Crippen LogP contribution in [0.25, 0.3) is 0 Å². The number of hydrogen-bond acceptors (Lipinski definition) is 6. The molecule has 1 atom stereocenters. The van der Waals surface area contributed by atoms with Crippen LogP contribution in [0.15, 0.2) is 11.6 Å². The Hall–Kier alpha value is -1.85. The van der Waals surface area contributed by atoms with Crippen LogP contribution in [0.4, 0.5) is 0 Å². The summed E-state index contributed by atoms with van der Waals surface area (Å²) in [5.74, 6) is -2.75. The van der Waals surface area contributed by atoms with Crippen molar-refractivity contribution in [2.24, 2.45) is 5.92 Å². The molecule has 0 N–H and O–H groups in total. The molecule has 0 bridgehead atoms. The van der Waals surface area contributed by atoms with Crippen molar-refractivity contribution in [3.05, 3.63) is 11.6 Å². The normalized spacial score (nSPS) is 18.3. The second kappa shape index (κ2) is 6.18. The van der Waals surface area contributed by atoms with Crippen molar-refractivity contribution in [1.82, 2.24) is 0 Å². The van der Waals surface area contributed by atoms with E-state index >= 15 is 0 Å². The van der Waals surface area contributed by atoms with Gasteiger partial charge in [-0.15, -0.1) is 0 Å². The van der Waals surface area contributed by atoms with Gasteiger partial charge in [-0.05, 0) is 25.8 Å². The molecule has 0 spiro atoms. The number of rotatable bonds is 5. The molecule has 0 amide bonds. The van der Waals surface area contributed by atoms with Crippen molar-refractivity contribution in [2.75, 3.05) is 14.2 Å². The van der Waals surface area contributed by atoms with Crippen LogP contribution < -0.4 is 0 Å². The predicted molar refractivity (Wildman–Crippen MR) is 60.4 cm³/mol.